The zero-order chi connectivity index (χ0) is 17.9. The summed E-state index contributed by atoms with van der Waals surface area (Å²) in [7, 11) is 1.53. The number of methoxy groups -OCH3 is 1. The predicted molar refractivity (Wildman–Crippen MR) is 95.4 cm³/mol. The number of carbonyl (C=O) groups is 2. The van der Waals surface area contributed by atoms with Gasteiger partial charge in [0.1, 0.15) is 5.75 Å². The molecule has 2 amide bonds. The number of nitrogens with two attached hydrogens (primary N) is 1. The van der Waals surface area contributed by atoms with Crippen LogP contribution in [0.5, 0.6) is 5.75 Å². The Morgan fingerprint density at radius 2 is 2.08 bits per heavy atom. The van der Waals surface area contributed by atoms with Crippen molar-refractivity contribution in [1.82, 2.24) is 10.3 Å². The minimum atomic E-state index is -0.635. The van der Waals surface area contributed by atoms with Crippen molar-refractivity contribution in [3.8, 4) is 5.75 Å². The van der Waals surface area contributed by atoms with Crippen molar-refractivity contribution in [2.45, 2.75) is 26.8 Å². The van der Waals surface area contributed by atoms with E-state index in [0.717, 1.165) is 15.2 Å². The van der Waals surface area contributed by atoms with Crippen LogP contribution in [0.3, 0.4) is 0 Å². The Labute approximate surface area is 144 Å². The Morgan fingerprint density at radius 1 is 1.38 bits per heavy atom. The Balaban J connectivity index is 2.05. The van der Waals surface area contributed by atoms with E-state index in [1.165, 1.54) is 18.4 Å². The molecule has 1 atom stereocenters. The molecular weight excluding hydrogens is 328 g/mol. The van der Waals surface area contributed by atoms with Crippen LogP contribution >= 0.6 is 11.3 Å². The first-order valence-electron chi connectivity index (χ1n) is 7.60. The second-order valence-electron chi connectivity index (χ2n) is 5.79. The zero-order valence-electron chi connectivity index (χ0n) is 14.2. The number of hydrogen-bond acceptors (Lipinski definition) is 6. The molecule has 1 aromatic heterocycles. The number of benzene rings is 1. The number of anilines is 1. The number of amides is 2. The van der Waals surface area contributed by atoms with E-state index in [9.17, 15) is 9.59 Å². The van der Waals surface area contributed by atoms with Gasteiger partial charge in [-0.1, -0.05) is 13.8 Å². The average Bonchev–Trinajstić information content (AvgIpc) is 2.89. The smallest absolute Gasteiger partial charge is 0.243 e. The second-order valence-corrected chi connectivity index (χ2v) is 7.02. The summed E-state index contributed by atoms with van der Waals surface area (Å²) in [6.07, 6.45) is 0. The fraction of sp³-hybridized carbons (Fsp3) is 0.438. The molecule has 0 unspecified atom stereocenters. The number of rotatable bonds is 6. The van der Waals surface area contributed by atoms with E-state index in [1.54, 1.807) is 6.07 Å². The molecule has 0 aliphatic rings. The highest BCUT2D eigenvalue weighted by atomic mass is 32.1. The van der Waals surface area contributed by atoms with Crippen molar-refractivity contribution in [3.63, 3.8) is 0 Å². The van der Waals surface area contributed by atoms with Gasteiger partial charge in [0, 0.05) is 6.07 Å². The van der Waals surface area contributed by atoms with Crippen LogP contribution in [0.15, 0.2) is 12.1 Å². The summed E-state index contributed by atoms with van der Waals surface area (Å²) < 4.78 is 6.25. The zero-order valence-corrected chi connectivity index (χ0v) is 15.0. The molecule has 0 bridgehead atoms. The van der Waals surface area contributed by atoms with Crippen LogP contribution in [0.4, 0.5) is 5.69 Å². The number of aryl methyl sites for hydroxylation is 1. The summed E-state index contributed by atoms with van der Waals surface area (Å²) >= 11 is 1.53. The van der Waals surface area contributed by atoms with Crippen LogP contribution in [0, 0.1) is 12.8 Å². The van der Waals surface area contributed by atoms with E-state index in [4.69, 9.17) is 10.5 Å². The number of fused-ring (bicyclic) bond motifs is 1. The number of carbonyl (C=O) groups excluding carboxylic acids is 2. The van der Waals surface area contributed by atoms with Crippen LogP contribution in [-0.2, 0) is 9.59 Å². The topological polar surface area (TPSA) is 106 Å². The van der Waals surface area contributed by atoms with E-state index in [2.05, 4.69) is 15.6 Å². The fourth-order valence-corrected chi connectivity index (χ4v) is 2.97. The summed E-state index contributed by atoms with van der Waals surface area (Å²) in [4.78, 5) is 28.3. The van der Waals surface area contributed by atoms with Gasteiger partial charge in [0.15, 0.2) is 0 Å². The molecule has 0 aliphatic heterocycles. The van der Waals surface area contributed by atoms with Crippen LogP contribution in [-0.4, -0.2) is 36.5 Å². The maximum atomic E-state index is 12.1. The van der Waals surface area contributed by atoms with Crippen LogP contribution < -0.4 is 21.1 Å². The van der Waals surface area contributed by atoms with Gasteiger partial charge in [-0.2, -0.15) is 0 Å². The third-order valence-corrected chi connectivity index (χ3v) is 4.47. The molecule has 0 spiro atoms. The Morgan fingerprint density at radius 3 is 2.71 bits per heavy atom. The van der Waals surface area contributed by atoms with Crippen molar-refractivity contribution in [2.24, 2.45) is 11.7 Å². The number of ether oxygens (including phenoxy) is 1. The number of hydrogen-bond donors (Lipinski definition) is 3. The predicted octanol–water partition coefficient (Wildman–Crippen LogP) is 1.65. The molecule has 7 nitrogen and oxygen atoms in total. The minimum Gasteiger partial charge on any atom is -0.494 e. The van der Waals surface area contributed by atoms with Crippen LogP contribution in [0.25, 0.3) is 10.2 Å². The highest BCUT2D eigenvalue weighted by Crippen LogP contribution is 2.32. The third-order valence-electron chi connectivity index (χ3n) is 3.53. The van der Waals surface area contributed by atoms with Gasteiger partial charge in [-0.05, 0) is 18.9 Å². The molecule has 1 heterocycles. The highest BCUT2D eigenvalue weighted by molar-refractivity contribution is 7.18. The first-order chi connectivity index (χ1) is 11.3. The average molecular weight is 350 g/mol. The second kappa shape index (κ2) is 7.59. The molecule has 2 rings (SSSR count). The van der Waals surface area contributed by atoms with Crippen molar-refractivity contribution >= 4 is 39.1 Å². The van der Waals surface area contributed by atoms with Gasteiger partial charge in [-0.3, -0.25) is 9.59 Å². The van der Waals surface area contributed by atoms with E-state index < -0.39 is 6.04 Å². The lowest BCUT2D eigenvalue weighted by molar-refractivity contribution is -0.125. The van der Waals surface area contributed by atoms with Crippen LogP contribution in [0.1, 0.15) is 18.9 Å². The number of nitrogens with zero attached hydrogens (tertiary/aromatic N) is 1. The fourth-order valence-electron chi connectivity index (χ4n) is 2.12. The molecule has 24 heavy (non-hydrogen) atoms. The summed E-state index contributed by atoms with van der Waals surface area (Å²) in [5.41, 5.74) is 7.11. The van der Waals surface area contributed by atoms with Gasteiger partial charge in [0.2, 0.25) is 11.8 Å². The number of thiazole rings is 1. The molecule has 0 saturated carbocycles. The van der Waals surface area contributed by atoms with Gasteiger partial charge in [-0.25, -0.2) is 4.98 Å². The first-order valence-corrected chi connectivity index (χ1v) is 8.41. The van der Waals surface area contributed by atoms with Crippen LogP contribution in [0.2, 0.25) is 0 Å². The molecule has 8 heteroatoms. The molecule has 0 aliphatic carbocycles. The molecule has 4 N–H and O–H groups in total. The van der Waals surface area contributed by atoms with Gasteiger partial charge < -0.3 is 21.1 Å². The molecular formula is C16H22N4O3S. The molecule has 0 fully saturated rings. The summed E-state index contributed by atoms with van der Waals surface area (Å²) in [6.45, 7) is 5.47. The Hall–Kier alpha value is -2.19. The lowest BCUT2D eigenvalue weighted by Crippen LogP contribution is -2.46. The summed E-state index contributed by atoms with van der Waals surface area (Å²) in [5, 5.41) is 6.22. The lowest BCUT2D eigenvalue weighted by atomic mass is 10.1. The summed E-state index contributed by atoms with van der Waals surface area (Å²) in [5.74, 6) is -0.171. The van der Waals surface area contributed by atoms with Crippen molar-refractivity contribution in [2.75, 3.05) is 19.0 Å². The lowest BCUT2D eigenvalue weighted by Gasteiger charge is -2.15. The molecule has 1 aromatic carbocycles. The van der Waals surface area contributed by atoms with Gasteiger partial charge in [0.25, 0.3) is 0 Å². The van der Waals surface area contributed by atoms with E-state index >= 15 is 0 Å². The standard InChI is InChI=1S/C16H22N4O3S/c1-8(2)15(17)16(22)18-7-14(21)20-10-6-13-11(5-12(10)23-4)19-9(3)24-13/h5-6,8,15H,7,17H2,1-4H3,(H,18,22)(H,20,21)/t15-/m0/s1. The monoisotopic (exact) mass is 350 g/mol. The van der Waals surface area contributed by atoms with E-state index in [1.807, 2.05) is 26.8 Å². The normalized spacial score (nSPS) is 12.2. The maximum absolute atomic E-state index is 12.1. The van der Waals surface area contributed by atoms with Crippen molar-refractivity contribution < 1.29 is 14.3 Å². The number of aromatic nitrogens is 1. The van der Waals surface area contributed by atoms with Crippen molar-refractivity contribution in [1.29, 1.82) is 0 Å². The highest BCUT2D eigenvalue weighted by Gasteiger charge is 2.18. The first kappa shape index (κ1) is 18.2. The Bertz CT molecular complexity index is 757. The van der Waals surface area contributed by atoms with Gasteiger partial charge >= 0.3 is 0 Å². The number of nitrogens with one attached hydrogen (secondary N) is 2. The SMILES string of the molecule is COc1cc2nc(C)sc2cc1NC(=O)CNC(=O)[C@@H](N)C(C)C. The largest absolute Gasteiger partial charge is 0.494 e. The van der Waals surface area contributed by atoms with E-state index in [0.29, 0.717) is 11.4 Å². The quantitative estimate of drug-likeness (QED) is 0.734. The Kier molecular flexibility index (Phi) is 5.74. The maximum Gasteiger partial charge on any atom is 0.243 e. The van der Waals surface area contributed by atoms with Gasteiger partial charge in [-0.15, -0.1) is 11.3 Å². The third kappa shape index (κ3) is 4.21. The minimum absolute atomic E-state index is 0.00475. The summed E-state index contributed by atoms with van der Waals surface area (Å²) in [6, 6.07) is 2.96. The van der Waals surface area contributed by atoms with Crippen molar-refractivity contribution in [3.05, 3.63) is 17.1 Å². The molecule has 0 radical (unpaired) electrons. The van der Waals surface area contributed by atoms with E-state index in [-0.39, 0.29) is 24.3 Å². The molecule has 130 valence electrons. The van der Waals surface area contributed by atoms with Gasteiger partial charge in [0.05, 0.1) is 40.6 Å². The molecule has 2 aromatic rings. The molecule has 0 saturated heterocycles.